The highest BCUT2D eigenvalue weighted by Crippen LogP contribution is 2.29. The zero-order valence-corrected chi connectivity index (χ0v) is 19.7. The first-order chi connectivity index (χ1) is 14.7. The Hall–Kier alpha value is -1.64. The van der Waals surface area contributed by atoms with E-state index in [-0.39, 0.29) is 33.3 Å². The van der Waals surface area contributed by atoms with E-state index >= 15 is 0 Å². The number of benzene rings is 1. The molecule has 1 saturated heterocycles. The largest absolute Gasteiger partial charge is 0.452 e. The van der Waals surface area contributed by atoms with Crippen LogP contribution in [-0.4, -0.2) is 50.3 Å². The van der Waals surface area contributed by atoms with Crippen molar-refractivity contribution in [2.24, 2.45) is 11.8 Å². The summed E-state index contributed by atoms with van der Waals surface area (Å²) in [5.74, 6) is -0.166. The molecular weight excluding hydrogens is 440 g/mol. The fraction of sp³-hybridized carbons (Fsp3) is 0.636. The van der Waals surface area contributed by atoms with Crippen LogP contribution in [0.4, 0.5) is 0 Å². The lowest BCUT2D eigenvalue weighted by Gasteiger charge is -2.30. The van der Waals surface area contributed by atoms with Crippen LogP contribution in [0.2, 0.25) is 5.02 Å². The second kappa shape index (κ2) is 10.3. The molecule has 172 valence electrons. The molecule has 1 aromatic carbocycles. The van der Waals surface area contributed by atoms with E-state index in [1.54, 1.807) is 0 Å². The van der Waals surface area contributed by atoms with Gasteiger partial charge in [-0.15, -0.1) is 0 Å². The quantitative estimate of drug-likeness (QED) is 0.641. The van der Waals surface area contributed by atoms with Crippen molar-refractivity contribution in [2.75, 3.05) is 19.7 Å². The molecule has 0 radical (unpaired) electrons. The summed E-state index contributed by atoms with van der Waals surface area (Å²) in [6.45, 7) is 4.66. The van der Waals surface area contributed by atoms with Crippen LogP contribution in [0.15, 0.2) is 23.1 Å². The molecule has 0 spiro atoms. The van der Waals surface area contributed by atoms with E-state index in [1.807, 2.05) is 6.92 Å². The smallest absolute Gasteiger partial charge is 0.338 e. The van der Waals surface area contributed by atoms with E-state index < -0.39 is 22.6 Å². The van der Waals surface area contributed by atoms with Crippen molar-refractivity contribution in [3.8, 4) is 0 Å². The van der Waals surface area contributed by atoms with Crippen LogP contribution >= 0.6 is 11.6 Å². The molecule has 1 atom stereocenters. The summed E-state index contributed by atoms with van der Waals surface area (Å²) in [4.78, 5) is 24.5. The second-order valence-electron chi connectivity index (χ2n) is 8.86. The summed E-state index contributed by atoms with van der Waals surface area (Å²) >= 11 is 6.17. The van der Waals surface area contributed by atoms with Crippen molar-refractivity contribution in [1.29, 1.82) is 0 Å². The maximum atomic E-state index is 13.1. The van der Waals surface area contributed by atoms with Gasteiger partial charge in [-0.1, -0.05) is 25.4 Å². The number of piperidine rings is 1. The third-order valence-electron chi connectivity index (χ3n) is 6.12. The zero-order valence-electron chi connectivity index (χ0n) is 18.1. The predicted molar refractivity (Wildman–Crippen MR) is 118 cm³/mol. The highest BCUT2D eigenvalue weighted by Gasteiger charge is 2.31. The van der Waals surface area contributed by atoms with E-state index in [4.69, 9.17) is 16.3 Å². The van der Waals surface area contributed by atoms with Gasteiger partial charge in [0.25, 0.3) is 5.91 Å². The van der Waals surface area contributed by atoms with E-state index in [2.05, 4.69) is 12.2 Å². The molecule has 1 saturated carbocycles. The molecule has 3 rings (SSSR count). The first-order valence-electron chi connectivity index (χ1n) is 10.9. The van der Waals surface area contributed by atoms with Gasteiger partial charge in [0.1, 0.15) is 4.90 Å². The molecule has 1 aromatic rings. The van der Waals surface area contributed by atoms with Gasteiger partial charge in [0.2, 0.25) is 10.0 Å². The topological polar surface area (TPSA) is 92.8 Å². The van der Waals surface area contributed by atoms with E-state index in [1.165, 1.54) is 22.5 Å². The van der Waals surface area contributed by atoms with Crippen molar-refractivity contribution in [1.82, 2.24) is 9.62 Å². The molecule has 1 unspecified atom stereocenters. The van der Waals surface area contributed by atoms with Gasteiger partial charge >= 0.3 is 5.97 Å². The molecule has 1 N–H and O–H groups in total. The van der Waals surface area contributed by atoms with E-state index in [0.29, 0.717) is 19.0 Å². The molecular formula is C22H31ClN2O5S. The molecule has 2 aliphatic rings. The number of hydrogen-bond acceptors (Lipinski definition) is 5. The molecule has 1 aliphatic carbocycles. The Morgan fingerprint density at radius 1 is 1.13 bits per heavy atom. The third-order valence-corrected chi connectivity index (χ3v) is 8.47. The van der Waals surface area contributed by atoms with Gasteiger partial charge in [0, 0.05) is 19.1 Å². The minimum absolute atomic E-state index is 0.0484. The van der Waals surface area contributed by atoms with Gasteiger partial charge in [-0.05, 0) is 68.6 Å². The summed E-state index contributed by atoms with van der Waals surface area (Å²) in [7, 11) is -3.82. The minimum Gasteiger partial charge on any atom is -0.452 e. The van der Waals surface area contributed by atoms with Gasteiger partial charge in [0.05, 0.1) is 10.6 Å². The Labute approximate surface area is 189 Å². The van der Waals surface area contributed by atoms with Crippen LogP contribution in [0, 0.1) is 11.8 Å². The van der Waals surface area contributed by atoms with Crippen LogP contribution in [-0.2, 0) is 19.6 Å². The van der Waals surface area contributed by atoms with E-state index in [9.17, 15) is 18.0 Å². The normalized spacial score (nSPS) is 25.1. The molecule has 0 aromatic heterocycles. The van der Waals surface area contributed by atoms with E-state index in [0.717, 1.165) is 38.5 Å². The summed E-state index contributed by atoms with van der Waals surface area (Å²) < 4.78 is 32.7. The Morgan fingerprint density at radius 2 is 1.84 bits per heavy atom. The van der Waals surface area contributed by atoms with Crippen molar-refractivity contribution in [3.05, 3.63) is 28.8 Å². The number of nitrogens with one attached hydrogen (secondary N) is 1. The average molecular weight is 471 g/mol. The molecule has 31 heavy (non-hydrogen) atoms. The van der Waals surface area contributed by atoms with Crippen LogP contribution in [0.25, 0.3) is 0 Å². The fourth-order valence-corrected chi connectivity index (χ4v) is 6.32. The molecule has 1 amide bonds. The number of esters is 1. The van der Waals surface area contributed by atoms with Crippen molar-refractivity contribution >= 4 is 33.5 Å². The van der Waals surface area contributed by atoms with Crippen LogP contribution < -0.4 is 5.32 Å². The van der Waals surface area contributed by atoms with Gasteiger partial charge in [-0.25, -0.2) is 13.2 Å². The lowest BCUT2D eigenvalue weighted by molar-refractivity contribution is -0.125. The maximum Gasteiger partial charge on any atom is 0.338 e. The summed E-state index contributed by atoms with van der Waals surface area (Å²) in [5, 5.41) is 2.95. The van der Waals surface area contributed by atoms with Crippen molar-refractivity contribution in [2.45, 2.75) is 63.3 Å². The monoisotopic (exact) mass is 470 g/mol. The number of nitrogens with zero attached hydrogens (tertiary/aromatic N) is 1. The Bertz CT molecular complexity index is 912. The van der Waals surface area contributed by atoms with Crippen LogP contribution in [0.5, 0.6) is 0 Å². The Kier molecular flexibility index (Phi) is 7.99. The van der Waals surface area contributed by atoms with Crippen LogP contribution in [0.3, 0.4) is 0 Å². The van der Waals surface area contributed by atoms with Gasteiger partial charge in [-0.3, -0.25) is 4.79 Å². The Balaban J connectivity index is 1.62. The second-order valence-corrected chi connectivity index (χ2v) is 11.2. The van der Waals surface area contributed by atoms with Gasteiger partial charge in [-0.2, -0.15) is 4.31 Å². The number of carbonyl (C=O) groups is 2. The first-order valence-corrected chi connectivity index (χ1v) is 12.7. The number of amides is 1. The predicted octanol–water partition coefficient (Wildman–Crippen LogP) is 3.61. The molecule has 1 heterocycles. The molecule has 2 fully saturated rings. The highest BCUT2D eigenvalue weighted by atomic mass is 35.5. The Morgan fingerprint density at radius 3 is 2.52 bits per heavy atom. The molecule has 7 nitrogen and oxygen atoms in total. The lowest BCUT2D eigenvalue weighted by atomic mass is 9.87. The number of hydrogen-bond donors (Lipinski definition) is 1. The fourth-order valence-electron chi connectivity index (χ4n) is 4.22. The first kappa shape index (κ1) is 24.0. The van der Waals surface area contributed by atoms with Gasteiger partial charge in [0.15, 0.2) is 6.61 Å². The standard InChI is InChI=1S/C22H31ClN2O5S/c1-15-5-8-18(9-6-15)24-21(26)14-30-22(27)17-7-10-19(23)20(12-17)31(28,29)25-11-3-4-16(2)13-25/h7,10,12,15-16,18H,3-6,8-9,11,13-14H2,1-2H3,(H,24,26). The van der Waals surface area contributed by atoms with Crippen molar-refractivity contribution in [3.63, 3.8) is 0 Å². The number of carbonyl (C=O) groups excluding carboxylic acids is 2. The zero-order chi connectivity index (χ0) is 22.6. The summed E-state index contributed by atoms with van der Waals surface area (Å²) in [6, 6.07) is 4.13. The van der Waals surface area contributed by atoms with Crippen LogP contribution in [0.1, 0.15) is 62.7 Å². The number of ether oxygens (including phenoxy) is 1. The minimum atomic E-state index is -3.82. The van der Waals surface area contributed by atoms with Gasteiger partial charge < -0.3 is 10.1 Å². The molecule has 0 bridgehead atoms. The van der Waals surface area contributed by atoms with Crippen molar-refractivity contribution < 1.29 is 22.7 Å². The molecule has 9 heteroatoms. The SMILES string of the molecule is CC1CCC(NC(=O)COC(=O)c2ccc(Cl)c(S(=O)(=O)N3CCCC(C)C3)c2)CC1. The number of sulfonamides is 1. The summed E-state index contributed by atoms with van der Waals surface area (Å²) in [5.41, 5.74) is 0.0484. The lowest BCUT2D eigenvalue weighted by Crippen LogP contribution is -2.39. The number of rotatable bonds is 6. The molecule has 1 aliphatic heterocycles. The third kappa shape index (κ3) is 6.20. The highest BCUT2D eigenvalue weighted by molar-refractivity contribution is 7.89. The summed E-state index contributed by atoms with van der Waals surface area (Å²) in [6.07, 6.45) is 5.76. The maximum absolute atomic E-state index is 13.1. The average Bonchev–Trinajstić information content (AvgIpc) is 2.74. The number of halogens is 1.